The Balaban J connectivity index is 1.63. The molecule has 0 unspecified atom stereocenters. The Labute approximate surface area is 190 Å². The van der Waals surface area contributed by atoms with Crippen LogP contribution in [-0.2, 0) is 26.6 Å². The topological polar surface area (TPSA) is 57.2 Å². The van der Waals surface area contributed by atoms with Crippen molar-refractivity contribution in [1.82, 2.24) is 0 Å². The van der Waals surface area contributed by atoms with Crippen molar-refractivity contribution < 1.29 is 23.7 Å². The van der Waals surface area contributed by atoms with E-state index in [1.807, 2.05) is 38.1 Å². The molecule has 0 aromatic heterocycles. The van der Waals surface area contributed by atoms with Gasteiger partial charge < -0.3 is 23.8 Å². The second-order valence-corrected chi connectivity index (χ2v) is 8.58. The molecule has 4 rings (SSSR count). The molecular weight excluding hydrogens is 406 g/mol. The summed E-state index contributed by atoms with van der Waals surface area (Å²) in [5.41, 5.74) is 4.75. The number of hydrogen-bond acceptors (Lipinski definition) is 5. The van der Waals surface area contributed by atoms with E-state index in [1.165, 1.54) is 0 Å². The van der Waals surface area contributed by atoms with Crippen molar-refractivity contribution in [3.63, 3.8) is 0 Å². The van der Waals surface area contributed by atoms with Gasteiger partial charge in [-0.1, -0.05) is 37.5 Å². The van der Waals surface area contributed by atoms with Crippen LogP contribution in [0.15, 0.2) is 30.3 Å². The zero-order chi connectivity index (χ0) is 22.7. The standard InChI is InChI=1S/C26H33NO5/c1-5-6-7-11-30-22-10-9-20(16-23(22)29-4)17-27-24-19(3)14-18(2)15-21(24)26(25(27)28)31-12-8-13-32-26/h9-10,14-16H,5-8,11-13,17H2,1-4H3. The van der Waals surface area contributed by atoms with E-state index >= 15 is 0 Å². The van der Waals surface area contributed by atoms with Crippen LogP contribution in [0.25, 0.3) is 0 Å². The number of amides is 1. The second kappa shape index (κ2) is 9.51. The number of carbonyl (C=O) groups excluding carboxylic acids is 1. The number of rotatable bonds is 8. The van der Waals surface area contributed by atoms with Gasteiger partial charge in [0.15, 0.2) is 11.5 Å². The number of anilines is 1. The van der Waals surface area contributed by atoms with E-state index < -0.39 is 5.79 Å². The summed E-state index contributed by atoms with van der Waals surface area (Å²) in [7, 11) is 1.64. The van der Waals surface area contributed by atoms with Crippen molar-refractivity contribution in [3.8, 4) is 11.5 Å². The number of fused-ring (bicyclic) bond motifs is 2. The molecule has 1 spiro atoms. The minimum Gasteiger partial charge on any atom is -0.493 e. The Morgan fingerprint density at radius 3 is 2.56 bits per heavy atom. The number of unbranched alkanes of at least 4 members (excludes halogenated alkanes) is 2. The largest absolute Gasteiger partial charge is 0.493 e. The number of aryl methyl sites for hydroxylation is 2. The first-order chi connectivity index (χ1) is 15.5. The highest BCUT2D eigenvalue weighted by Gasteiger charge is 2.55. The summed E-state index contributed by atoms with van der Waals surface area (Å²) < 4.78 is 23.5. The van der Waals surface area contributed by atoms with Crippen LogP contribution in [0.4, 0.5) is 5.69 Å². The maximum Gasteiger partial charge on any atom is 0.292 e. The van der Waals surface area contributed by atoms with Gasteiger partial charge in [-0.15, -0.1) is 0 Å². The van der Waals surface area contributed by atoms with Gasteiger partial charge in [0.2, 0.25) is 0 Å². The molecule has 0 N–H and O–H groups in total. The molecule has 2 aliphatic heterocycles. The SMILES string of the molecule is CCCCCOc1ccc(CN2C(=O)C3(OCCCO3)c3cc(C)cc(C)c32)cc1OC. The van der Waals surface area contributed by atoms with Gasteiger partial charge in [0, 0.05) is 5.56 Å². The molecule has 6 heteroatoms. The maximum atomic E-state index is 13.7. The lowest BCUT2D eigenvalue weighted by Gasteiger charge is -2.32. The lowest BCUT2D eigenvalue weighted by atomic mass is 10.00. The normalized spacial score (nSPS) is 17.0. The number of methoxy groups -OCH3 is 1. The molecule has 0 saturated carbocycles. The molecule has 2 aromatic rings. The molecule has 1 fully saturated rings. The van der Waals surface area contributed by atoms with Gasteiger partial charge in [0.1, 0.15) is 0 Å². The lowest BCUT2D eigenvalue weighted by molar-refractivity contribution is -0.256. The summed E-state index contributed by atoms with van der Waals surface area (Å²) in [6, 6.07) is 9.96. The molecule has 32 heavy (non-hydrogen) atoms. The van der Waals surface area contributed by atoms with Crippen LogP contribution < -0.4 is 14.4 Å². The lowest BCUT2D eigenvalue weighted by Crippen LogP contribution is -2.47. The van der Waals surface area contributed by atoms with Crippen LogP contribution in [0.5, 0.6) is 11.5 Å². The molecule has 1 amide bonds. The molecule has 2 aliphatic rings. The van der Waals surface area contributed by atoms with E-state index in [9.17, 15) is 4.79 Å². The van der Waals surface area contributed by atoms with Crippen LogP contribution in [-0.4, -0.2) is 32.8 Å². The minimum atomic E-state index is -1.34. The van der Waals surface area contributed by atoms with E-state index in [-0.39, 0.29) is 5.91 Å². The molecule has 0 atom stereocenters. The Kier molecular flexibility index (Phi) is 6.72. The molecule has 0 bridgehead atoms. The van der Waals surface area contributed by atoms with E-state index in [2.05, 4.69) is 13.0 Å². The number of benzene rings is 2. The van der Waals surface area contributed by atoms with Crippen molar-refractivity contribution in [2.45, 2.75) is 58.8 Å². The highest BCUT2D eigenvalue weighted by molar-refractivity contribution is 6.07. The third-order valence-electron chi connectivity index (χ3n) is 6.07. The van der Waals surface area contributed by atoms with Crippen LogP contribution in [0, 0.1) is 13.8 Å². The number of hydrogen-bond donors (Lipinski definition) is 0. The summed E-state index contributed by atoms with van der Waals surface area (Å²) >= 11 is 0. The van der Waals surface area contributed by atoms with E-state index in [1.54, 1.807) is 12.0 Å². The Hall–Kier alpha value is -2.57. The number of nitrogens with zero attached hydrogens (tertiary/aromatic N) is 1. The first-order valence-corrected chi connectivity index (χ1v) is 11.5. The van der Waals surface area contributed by atoms with Crippen molar-refractivity contribution in [1.29, 1.82) is 0 Å². The molecule has 0 radical (unpaired) electrons. The number of ether oxygens (including phenoxy) is 4. The monoisotopic (exact) mass is 439 g/mol. The average Bonchev–Trinajstić information content (AvgIpc) is 3.00. The predicted octanol–water partition coefficient (Wildman–Crippen LogP) is 5.02. The Morgan fingerprint density at radius 2 is 1.84 bits per heavy atom. The highest BCUT2D eigenvalue weighted by atomic mass is 16.7. The van der Waals surface area contributed by atoms with Crippen LogP contribution in [0.1, 0.15) is 54.9 Å². The van der Waals surface area contributed by atoms with E-state index in [4.69, 9.17) is 18.9 Å². The first-order valence-electron chi connectivity index (χ1n) is 11.5. The fraction of sp³-hybridized carbons (Fsp3) is 0.500. The van der Waals surface area contributed by atoms with Crippen molar-refractivity contribution >= 4 is 11.6 Å². The highest BCUT2D eigenvalue weighted by Crippen LogP contribution is 2.48. The van der Waals surface area contributed by atoms with Gasteiger partial charge in [-0.05, 0) is 56.0 Å². The van der Waals surface area contributed by atoms with Gasteiger partial charge in [0.25, 0.3) is 11.7 Å². The Bertz CT molecular complexity index is 980. The van der Waals surface area contributed by atoms with Gasteiger partial charge in [-0.3, -0.25) is 4.79 Å². The Morgan fingerprint density at radius 1 is 1.06 bits per heavy atom. The van der Waals surface area contributed by atoms with Crippen LogP contribution in [0.2, 0.25) is 0 Å². The smallest absolute Gasteiger partial charge is 0.292 e. The second-order valence-electron chi connectivity index (χ2n) is 8.58. The molecule has 2 heterocycles. The fourth-order valence-corrected chi connectivity index (χ4v) is 4.57. The van der Waals surface area contributed by atoms with Gasteiger partial charge in [-0.25, -0.2) is 0 Å². The van der Waals surface area contributed by atoms with Crippen molar-refractivity contribution in [3.05, 3.63) is 52.6 Å². The van der Waals surface area contributed by atoms with Crippen molar-refractivity contribution in [2.75, 3.05) is 31.8 Å². The zero-order valence-electron chi connectivity index (χ0n) is 19.5. The first kappa shape index (κ1) is 22.6. The van der Waals surface area contributed by atoms with E-state index in [0.29, 0.717) is 32.1 Å². The number of carbonyl (C=O) groups is 1. The zero-order valence-corrected chi connectivity index (χ0v) is 19.5. The summed E-state index contributed by atoms with van der Waals surface area (Å²) in [5.74, 6) is -0.106. The molecule has 2 aromatic carbocycles. The third-order valence-corrected chi connectivity index (χ3v) is 6.07. The van der Waals surface area contributed by atoms with Gasteiger partial charge in [-0.2, -0.15) is 0 Å². The summed E-state index contributed by atoms with van der Waals surface area (Å²) in [4.78, 5) is 15.4. The average molecular weight is 440 g/mol. The van der Waals surface area contributed by atoms with Crippen LogP contribution >= 0.6 is 0 Å². The summed E-state index contributed by atoms with van der Waals surface area (Å²) in [6.07, 6.45) is 4.09. The minimum absolute atomic E-state index is 0.167. The summed E-state index contributed by atoms with van der Waals surface area (Å²) in [6.45, 7) is 8.30. The fourth-order valence-electron chi connectivity index (χ4n) is 4.57. The molecule has 6 nitrogen and oxygen atoms in total. The van der Waals surface area contributed by atoms with Crippen molar-refractivity contribution in [2.24, 2.45) is 0 Å². The van der Waals surface area contributed by atoms with Gasteiger partial charge >= 0.3 is 0 Å². The maximum absolute atomic E-state index is 13.7. The molecule has 0 aliphatic carbocycles. The van der Waals surface area contributed by atoms with E-state index in [0.717, 1.165) is 59.4 Å². The third kappa shape index (κ3) is 4.09. The molecule has 172 valence electrons. The molecular formula is C26H33NO5. The summed E-state index contributed by atoms with van der Waals surface area (Å²) in [5, 5.41) is 0. The predicted molar refractivity (Wildman–Crippen MR) is 123 cm³/mol. The van der Waals surface area contributed by atoms with Crippen LogP contribution in [0.3, 0.4) is 0 Å². The van der Waals surface area contributed by atoms with Gasteiger partial charge in [0.05, 0.1) is 39.2 Å². The molecule has 1 saturated heterocycles. The quantitative estimate of drug-likeness (QED) is 0.541.